The van der Waals surface area contributed by atoms with E-state index in [1.54, 1.807) is 13.2 Å². The molecule has 0 saturated carbocycles. The second kappa shape index (κ2) is 11.3. The van der Waals surface area contributed by atoms with Gasteiger partial charge in [-0.05, 0) is 51.1 Å². The van der Waals surface area contributed by atoms with E-state index in [0.717, 1.165) is 11.1 Å². The maximum Gasteiger partial charge on any atom is 0.490 e. The lowest BCUT2D eigenvalue weighted by atomic mass is 9.50. The molecule has 236 valence electrons. The molecule has 43 heavy (non-hydrogen) atoms. The fourth-order valence-corrected chi connectivity index (χ4v) is 6.34. The molecule has 1 spiro atoms. The summed E-state index contributed by atoms with van der Waals surface area (Å²) in [6.45, 7) is 1.98. The molecule has 1 saturated heterocycles. The van der Waals surface area contributed by atoms with Crippen molar-refractivity contribution in [3.05, 3.63) is 35.1 Å². The van der Waals surface area contributed by atoms with Crippen LogP contribution < -0.4 is 9.47 Å². The molecule has 0 amide bonds. The number of likely N-dealkylation sites (N-methyl/N-ethyl adjacent to an activating group) is 1. The minimum Gasteiger partial charge on any atom is -0.493 e. The Balaban J connectivity index is 0.000000541. The van der Waals surface area contributed by atoms with Crippen molar-refractivity contribution in [1.29, 1.82) is 0 Å². The number of nitrogens with zero attached hydrogens (tertiary/aromatic N) is 1. The van der Waals surface area contributed by atoms with Crippen LogP contribution >= 0.6 is 0 Å². The van der Waals surface area contributed by atoms with E-state index in [9.17, 15) is 37.8 Å². The zero-order valence-corrected chi connectivity index (χ0v) is 23.2. The minimum atomic E-state index is -5.08. The lowest BCUT2D eigenvalue weighted by Crippen LogP contribution is -2.74. The number of hydrogen-bond donors (Lipinski definition) is 4. The molecule has 2 heterocycles. The highest BCUT2D eigenvalue weighted by Gasteiger charge is 2.72. The number of aliphatic hydroxyl groups excluding tert-OH is 1. The first-order chi connectivity index (χ1) is 20.0. The first kappa shape index (κ1) is 32.0. The summed E-state index contributed by atoms with van der Waals surface area (Å²) in [6.07, 6.45) is -6.97. The molecular weight excluding hydrogens is 587 g/mol. The average Bonchev–Trinajstić information content (AvgIpc) is 3.27. The highest BCUT2D eigenvalue weighted by Crippen LogP contribution is 2.65. The van der Waals surface area contributed by atoms with Crippen LogP contribution in [0, 0.1) is 0 Å². The Bertz CT molecular complexity index is 1360. The summed E-state index contributed by atoms with van der Waals surface area (Å²) < 4.78 is 54.3. The van der Waals surface area contributed by atoms with Gasteiger partial charge in [0.05, 0.1) is 24.5 Å². The number of carbonyl (C=O) groups is 4. The molecule has 16 heteroatoms. The fourth-order valence-electron chi connectivity index (χ4n) is 6.34. The monoisotopic (exact) mass is 617 g/mol. The lowest BCUT2D eigenvalue weighted by molar-refractivity contribution is -0.192. The molecule has 0 aromatic heterocycles. The molecule has 13 nitrogen and oxygen atoms in total. The van der Waals surface area contributed by atoms with Gasteiger partial charge in [0.15, 0.2) is 29.8 Å². The smallest absolute Gasteiger partial charge is 0.490 e. The number of ether oxygens (including phenoxy) is 4. The molecule has 4 N–H and O–H groups in total. The van der Waals surface area contributed by atoms with Gasteiger partial charge in [0.1, 0.15) is 5.76 Å². The SMILES string of the molecule is COc1ccc2c3c1O[C@H]1C(OC(=O)[C@H](C)OC(=O)[C@@H](O)CC(=O)O)=CC[C@@]4(O)[C@@H](C2)N(C)CC[C@]314.O=C(O)C(F)(F)F. The van der Waals surface area contributed by atoms with Gasteiger partial charge in [-0.2, -0.15) is 13.2 Å². The van der Waals surface area contributed by atoms with Crippen molar-refractivity contribution in [2.45, 2.75) is 74.2 Å². The summed E-state index contributed by atoms with van der Waals surface area (Å²) in [7, 11) is 3.53. The second-order valence-electron chi connectivity index (χ2n) is 10.7. The van der Waals surface area contributed by atoms with Crippen molar-refractivity contribution in [2.75, 3.05) is 20.7 Å². The zero-order valence-electron chi connectivity index (χ0n) is 23.2. The van der Waals surface area contributed by atoms with E-state index in [0.29, 0.717) is 30.9 Å². The number of benzene rings is 1. The van der Waals surface area contributed by atoms with Crippen LogP contribution in [0.3, 0.4) is 0 Å². The predicted molar refractivity (Wildman–Crippen MR) is 135 cm³/mol. The number of aliphatic hydroxyl groups is 2. The van der Waals surface area contributed by atoms with Crippen LogP contribution in [0.25, 0.3) is 0 Å². The number of esters is 2. The Morgan fingerprint density at radius 1 is 1.19 bits per heavy atom. The lowest BCUT2D eigenvalue weighted by Gasteiger charge is -2.61. The third-order valence-corrected chi connectivity index (χ3v) is 8.28. The average molecular weight is 618 g/mol. The molecule has 5 rings (SSSR count). The predicted octanol–water partition coefficient (Wildman–Crippen LogP) is 0.917. The maximum absolute atomic E-state index is 12.9. The number of likely N-dealkylation sites (tertiary alicyclic amines) is 1. The number of alkyl halides is 3. The van der Waals surface area contributed by atoms with Gasteiger partial charge in [-0.3, -0.25) is 4.79 Å². The highest BCUT2D eigenvalue weighted by atomic mass is 19.4. The number of methoxy groups -OCH3 is 1. The van der Waals surface area contributed by atoms with Gasteiger partial charge in [0, 0.05) is 18.0 Å². The first-order valence-electron chi connectivity index (χ1n) is 13.1. The van der Waals surface area contributed by atoms with Crippen LogP contribution in [0.1, 0.15) is 37.3 Å². The molecular formula is C27H30F3NO12. The number of hydrogen-bond acceptors (Lipinski definition) is 11. The van der Waals surface area contributed by atoms with Crippen molar-refractivity contribution in [2.24, 2.45) is 0 Å². The van der Waals surface area contributed by atoms with Crippen LogP contribution in [-0.4, -0.2) is 106 Å². The molecule has 0 unspecified atom stereocenters. The molecule has 0 radical (unpaired) electrons. The molecule has 6 atom stereocenters. The van der Waals surface area contributed by atoms with Crippen molar-refractivity contribution < 1.29 is 71.7 Å². The Kier molecular flexibility index (Phi) is 8.43. The van der Waals surface area contributed by atoms with E-state index >= 15 is 0 Å². The zero-order chi connectivity index (χ0) is 32.1. The van der Waals surface area contributed by atoms with Crippen LogP contribution in [0.15, 0.2) is 24.0 Å². The van der Waals surface area contributed by atoms with E-state index < -0.39 is 65.8 Å². The summed E-state index contributed by atoms with van der Waals surface area (Å²) >= 11 is 0. The number of aliphatic carboxylic acids is 2. The van der Waals surface area contributed by atoms with Crippen LogP contribution in [-0.2, 0) is 40.5 Å². The number of carboxylic acid groups (broad SMARTS) is 2. The van der Waals surface area contributed by atoms with Crippen molar-refractivity contribution in [3.8, 4) is 11.5 Å². The molecule has 2 aliphatic carbocycles. The van der Waals surface area contributed by atoms with E-state index in [4.69, 9.17) is 34.0 Å². The van der Waals surface area contributed by atoms with Gasteiger partial charge < -0.3 is 44.3 Å². The molecule has 2 bridgehead atoms. The van der Waals surface area contributed by atoms with Gasteiger partial charge in [-0.1, -0.05) is 6.07 Å². The van der Waals surface area contributed by atoms with Crippen molar-refractivity contribution in [1.82, 2.24) is 4.90 Å². The normalized spacial score (nSPS) is 28.0. The van der Waals surface area contributed by atoms with Crippen molar-refractivity contribution >= 4 is 23.9 Å². The molecule has 1 aromatic rings. The minimum absolute atomic E-state index is 0.159. The van der Waals surface area contributed by atoms with Crippen molar-refractivity contribution in [3.63, 3.8) is 0 Å². The van der Waals surface area contributed by atoms with Gasteiger partial charge in [-0.15, -0.1) is 0 Å². The van der Waals surface area contributed by atoms with Gasteiger partial charge in [-0.25, -0.2) is 14.4 Å². The summed E-state index contributed by atoms with van der Waals surface area (Å²) in [6, 6.07) is 3.67. The number of carboxylic acids is 2. The van der Waals surface area contributed by atoms with Gasteiger partial charge >= 0.3 is 30.1 Å². The molecule has 2 aliphatic heterocycles. The fraction of sp³-hybridized carbons (Fsp3) is 0.556. The molecule has 1 aromatic carbocycles. The van der Waals surface area contributed by atoms with Crippen LogP contribution in [0.2, 0.25) is 0 Å². The van der Waals surface area contributed by atoms with E-state index in [1.165, 1.54) is 6.92 Å². The highest BCUT2D eigenvalue weighted by molar-refractivity contribution is 5.84. The number of rotatable bonds is 7. The third-order valence-electron chi connectivity index (χ3n) is 8.28. The second-order valence-corrected chi connectivity index (χ2v) is 10.7. The Hall–Kier alpha value is -3.89. The third kappa shape index (κ3) is 5.38. The Morgan fingerprint density at radius 2 is 1.84 bits per heavy atom. The van der Waals surface area contributed by atoms with Gasteiger partial charge in [0.25, 0.3) is 0 Å². The Labute approximate surface area is 242 Å². The maximum atomic E-state index is 12.9. The standard InChI is InChI=1S/C25H29NO10.C2HF3O2/c1-12(34-23(31)14(27)11-18(28)29)22(30)35-16-6-7-25(32)17-10-13-4-5-15(33-3)20-19(13)24(25,21(16)36-20)8-9-26(17)2;3-2(4,5)1(6)7/h4-6,12,14,17,21,27,32H,7-11H2,1-3H3,(H,28,29);(H,6,7)/t12-,14-,17+,21-,24-,25+;/m0./s1. The largest absolute Gasteiger partial charge is 0.493 e. The summed E-state index contributed by atoms with van der Waals surface area (Å²) in [4.78, 5) is 46.6. The van der Waals surface area contributed by atoms with Gasteiger partial charge in [0.2, 0.25) is 0 Å². The Morgan fingerprint density at radius 3 is 2.42 bits per heavy atom. The first-order valence-corrected chi connectivity index (χ1v) is 13.1. The van der Waals surface area contributed by atoms with E-state index in [2.05, 4.69) is 4.90 Å². The summed E-state index contributed by atoms with van der Waals surface area (Å²) in [5.74, 6) is -5.03. The number of carbonyl (C=O) groups excluding carboxylic acids is 2. The van der Waals surface area contributed by atoms with Crippen LogP contribution in [0.4, 0.5) is 13.2 Å². The van der Waals surface area contributed by atoms with E-state index in [1.807, 2.05) is 19.2 Å². The summed E-state index contributed by atoms with van der Waals surface area (Å²) in [5.41, 5.74) is -0.0817. The molecule has 1 fully saturated rings. The quantitative estimate of drug-likeness (QED) is 0.317. The van der Waals surface area contributed by atoms with E-state index in [-0.39, 0.29) is 18.2 Å². The number of piperidine rings is 1. The summed E-state index contributed by atoms with van der Waals surface area (Å²) in [5, 5.41) is 37.7. The van der Waals surface area contributed by atoms with Crippen LogP contribution in [0.5, 0.6) is 11.5 Å². The topological polar surface area (TPSA) is 189 Å². The molecule has 4 aliphatic rings. The number of halogens is 3.